The van der Waals surface area contributed by atoms with Gasteiger partial charge in [-0.3, -0.25) is 0 Å². The van der Waals surface area contributed by atoms with E-state index in [-0.39, 0.29) is 4.90 Å². The lowest BCUT2D eigenvalue weighted by Crippen LogP contribution is -2.11. The highest BCUT2D eigenvalue weighted by Gasteiger charge is 2.59. The van der Waals surface area contributed by atoms with Crippen molar-refractivity contribution in [1.82, 2.24) is 0 Å². The number of carbonyl (C=O) groups is 1. The Bertz CT molecular complexity index is 818. The lowest BCUT2D eigenvalue weighted by Gasteiger charge is -2.04. The van der Waals surface area contributed by atoms with Crippen molar-refractivity contribution in [3.8, 4) is 0 Å². The van der Waals surface area contributed by atoms with E-state index >= 15 is 0 Å². The summed E-state index contributed by atoms with van der Waals surface area (Å²) in [6.07, 6.45) is 0.633. The van der Waals surface area contributed by atoms with Gasteiger partial charge in [0.05, 0.1) is 10.1 Å². The fourth-order valence-corrected chi connectivity index (χ4v) is 5.01. The molecule has 1 aliphatic rings. The van der Waals surface area contributed by atoms with Crippen LogP contribution in [0.4, 0.5) is 4.39 Å². The fourth-order valence-electron chi connectivity index (χ4n) is 2.77. The van der Waals surface area contributed by atoms with Crippen LogP contribution in [0.1, 0.15) is 11.5 Å². The second-order valence-corrected chi connectivity index (χ2v) is 7.80. The maximum atomic E-state index is 13.3. The van der Waals surface area contributed by atoms with Gasteiger partial charge in [0.1, 0.15) is 12.1 Å². The molecule has 0 saturated heterocycles. The van der Waals surface area contributed by atoms with E-state index in [1.165, 1.54) is 42.5 Å². The summed E-state index contributed by atoms with van der Waals surface area (Å²) in [5.41, 5.74) is 0.527. The maximum absolute atomic E-state index is 13.3. The molecule has 3 rings (SSSR count). The summed E-state index contributed by atoms with van der Waals surface area (Å²) in [7, 11) is -3.67. The summed E-state index contributed by atoms with van der Waals surface area (Å²) in [6.45, 7) is 0. The standard InChI is InChI=1S/C16H12ClFO3S/c17-11-4-6-13(7-5-11)22(20,21)16-14(9-19)15(16)10-2-1-3-12(18)8-10/h1-9,14-16H/t14-,15+,16+/m0/s1. The largest absolute Gasteiger partial charge is 0.303 e. The minimum absolute atomic E-state index is 0.118. The van der Waals surface area contributed by atoms with Crippen molar-refractivity contribution in [2.45, 2.75) is 16.1 Å². The molecule has 2 aromatic carbocycles. The SMILES string of the molecule is O=C[C@H]1[C@@H](c2cccc(F)c2)[C@@H]1S(=O)(=O)c1ccc(Cl)cc1. The molecule has 2 aromatic rings. The van der Waals surface area contributed by atoms with Crippen LogP contribution >= 0.6 is 11.6 Å². The Morgan fingerprint density at radius 1 is 1.09 bits per heavy atom. The van der Waals surface area contributed by atoms with Crippen LogP contribution in [0.2, 0.25) is 5.02 Å². The number of halogens is 2. The van der Waals surface area contributed by atoms with Gasteiger partial charge in [0.25, 0.3) is 0 Å². The summed E-state index contributed by atoms with van der Waals surface area (Å²) < 4.78 is 38.6. The second-order valence-electron chi connectivity index (χ2n) is 5.26. The van der Waals surface area contributed by atoms with Crippen molar-refractivity contribution >= 4 is 27.7 Å². The first-order valence-electron chi connectivity index (χ1n) is 6.65. The number of rotatable bonds is 4. The first kappa shape index (κ1) is 15.2. The highest BCUT2D eigenvalue weighted by atomic mass is 35.5. The quantitative estimate of drug-likeness (QED) is 0.804. The van der Waals surface area contributed by atoms with Gasteiger partial charge >= 0.3 is 0 Å². The molecule has 0 heterocycles. The van der Waals surface area contributed by atoms with Gasteiger partial charge in [-0.25, -0.2) is 12.8 Å². The van der Waals surface area contributed by atoms with Crippen molar-refractivity contribution in [3.05, 3.63) is 64.9 Å². The van der Waals surface area contributed by atoms with E-state index in [1.807, 2.05) is 0 Å². The smallest absolute Gasteiger partial charge is 0.182 e. The van der Waals surface area contributed by atoms with Gasteiger partial charge in [-0.1, -0.05) is 23.7 Å². The molecule has 3 nitrogen and oxygen atoms in total. The van der Waals surface area contributed by atoms with E-state index < -0.39 is 32.7 Å². The average molecular weight is 339 g/mol. The van der Waals surface area contributed by atoms with Crippen LogP contribution in [0.15, 0.2) is 53.4 Å². The first-order valence-corrected chi connectivity index (χ1v) is 8.58. The Balaban J connectivity index is 1.97. The average Bonchev–Trinajstić information content (AvgIpc) is 3.23. The third-order valence-corrected chi connectivity index (χ3v) is 6.40. The van der Waals surface area contributed by atoms with E-state index in [0.29, 0.717) is 16.9 Å². The zero-order valence-electron chi connectivity index (χ0n) is 11.3. The topological polar surface area (TPSA) is 51.2 Å². The number of sulfone groups is 1. The molecule has 114 valence electrons. The van der Waals surface area contributed by atoms with Crippen LogP contribution in [0.25, 0.3) is 0 Å². The van der Waals surface area contributed by atoms with Gasteiger partial charge in [-0.05, 0) is 42.0 Å². The summed E-state index contributed by atoms with van der Waals surface area (Å²) in [6, 6.07) is 11.5. The minimum Gasteiger partial charge on any atom is -0.303 e. The fraction of sp³-hybridized carbons (Fsp3) is 0.188. The Hall–Kier alpha value is -1.72. The minimum atomic E-state index is -3.67. The van der Waals surface area contributed by atoms with E-state index in [0.717, 1.165) is 0 Å². The molecule has 0 bridgehead atoms. The Labute approximate surface area is 132 Å². The summed E-state index contributed by atoms with van der Waals surface area (Å²) >= 11 is 5.76. The van der Waals surface area contributed by atoms with Crippen LogP contribution in [0.3, 0.4) is 0 Å². The van der Waals surface area contributed by atoms with Crippen molar-refractivity contribution in [1.29, 1.82) is 0 Å². The monoisotopic (exact) mass is 338 g/mol. The highest BCUT2D eigenvalue weighted by molar-refractivity contribution is 7.92. The van der Waals surface area contributed by atoms with Crippen molar-refractivity contribution in [2.75, 3.05) is 0 Å². The molecule has 0 unspecified atom stereocenters. The molecule has 0 amide bonds. The van der Waals surface area contributed by atoms with Crippen molar-refractivity contribution in [2.24, 2.45) is 5.92 Å². The lowest BCUT2D eigenvalue weighted by atomic mass is 10.1. The normalized spacial score (nSPS) is 24.0. The molecular formula is C16H12ClFO3S. The van der Waals surface area contributed by atoms with Gasteiger partial charge in [-0.15, -0.1) is 0 Å². The number of carbonyl (C=O) groups excluding carboxylic acids is 1. The lowest BCUT2D eigenvalue weighted by molar-refractivity contribution is -0.108. The van der Waals surface area contributed by atoms with E-state index in [9.17, 15) is 17.6 Å². The molecule has 1 fully saturated rings. The highest BCUT2D eigenvalue weighted by Crippen LogP contribution is 2.52. The van der Waals surface area contributed by atoms with Crippen molar-refractivity contribution < 1.29 is 17.6 Å². The van der Waals surface area contributed by atoms with Gasteiger partial charge in [0.2, 0.25) is 0 Å². The third kappa shape index (κ3) is 2.55. The van der Waals surface area contributed by atoms with Gasteiger partial charge < -0.3 is 4.79 Å². The zero-order valence-corrected chi connectivity index (χ0v) is 12.9. The molecule has 0 aliphatic heterocycles. The van der Waals surface area contributed by atoms with Gasteiger partial charge in [0.15, 0.2) is 9.84 Å². The predicted octanol–water partition coefficient (Wildman–Crippen LogP) is 3.23. The van der Waals surface area contributed by atoms with Crippen LogP contribution in [-0.4, -0.2) is 20.0 Å². The Kier molecular flexibility index (Phi) is 3.78. The van der Waals surface area contributed by atoms with Crippen molar-refractivity contribution in [3.63, 3.8) is 0 Å². The second kappa shape index (κ2) is 5.48. The molecule has 1 aliphatic carbocycles. The van der Waals surface area contributed by atoms with Gasteiger partial charge in [0, 0.05) is 16.9 Å². The van der Waals surface area contributed by atoms with E-state index in [4.69, 9.17) is 11.6 Å². The molecule has 0 radical (unpaired) electrons. The molecule has 3 atom stereocenters. The number of benzene rings is 2. The Morgan fingerprint density at radius 3 is 2.36 bits per heavy atom. The molecule has 6 heteroatoms. The number of hydrogen-bond acceptors (Lipinski definition) is 3. The molecule has 0 spiro atoms. The molecule has 0 N–H and O–H groups in total. The zero-order chi connectivity index (χ0) is 15.9. The molecule has 1 saturated carbocycles. The summed E-state index contributed by atoms with van der Waals surface area (Å²) in [4.78, 5) is 11.3. The molecule has 22 heavy (non-hydrogen) atoms. The van der Waals surface area contributed by atoms with Crippen LogP contribution in [0, 0.1) is 11.7 Å². The van der Waals surface area contributed by atoms with E-state index in [1.54, 1.807) is 6.07 Å². The number of hydrogen-bond donors (Lipinski definition) is 0. The maximum Gasteiger partial charge on any atom is 0.182 e. The van der Waals surface area contributed by atoms with Gasteiger partial charge in [-0.2, -0.15) is 0 Å². The predicted molar refractivity (Wildman–Crippen MR) is 81.1 cm³/mol. The first-order chi connectivity index (χ1) is 10.4. The molecule has 0 aromatic heterocycles. The van der Waals surface area contributed by atoms with Crippen LogP contribution < -0.4 is 0 Å². The summed E-state index contributed by atoms with van der Waals surface area (Å²) in [5.74, 6) is -1.60. The van der Waals surface area contributed by atoms with E-state index in [2.05, 4.69) is 0 Å². The summed E-state index contributed by atoms with van der Waals surface area (Å²) in [5, 5.41) is -0.420. The van der Waals surface area contributed by atoms with Crippen LogP contribution in [-0.2, 0) is 14.6 Å². The number of aldehydes is 1. The third-order valence-electron chi connectivity index (χ3n) is 3.90. The van der Waals surface area contributed by atoms with Crippen LogP contribution in [0.5, 0.6) is 0 Å². The molecular weight excluding hydrogens is 327 g/mol. The Morgan fingerprint density at radius 2 is 1.77 bits per heavy atom.